The van der Waals surface area contributed by atoms with Crippen LogP contribution in [-0.2, 0) is 9.84 Å². The monoisotopic (exact) mass is 430 g/mol. The molecule has 5 heteroatoms. The highest BCUT2D eigenvalue weighted by molar-refractivity contribution is 7.91. The molecule has 0 aliphatic heterocycles. The molecule has 4 rings (SSSR count). The predicted octanol–water partition coefficient (Wildman–Crippen LogP) is 6.72. The Labute approximate surface area is 182 Å². The zero-order valence-corrected chi connectivity index (χ0v) is 18.1. The van der Waals surface area contributed by atoms with Gasteiger partial charge in [0.1, 0.15) is 23.0 Å². The van der Waals surface area contributed by atoms with Crippen molar-refractivity contribution in [3.05, 3.63) is 108 Å². The molecule has 4 aromatic carbocycles. The Morgan fingerprint density at radius 1 is 0.516 bits per heavy atom. The first-order valence-electron chi connectivity index (χ1n) is 9.84. The van der Waals surface area contributed by atoms with Crippen LogP contribution in [0.3, 0.4) is 0 Å². The van der Waals surface area contributed by atoms with Crippen LogP contribution in [0.15, 0.2) is 107 Å². The number of hydrogen-bond donors (Lipinski definition) is 0. The van der Waals surface area contributed by atoms with Crippen LogP contribution in [-0.4, -0.2) is 8.42 Å². The van der Waals surface area contributed by atoms with E-state index in [9.17, 15) is 8.42 Å². The molecule has 0 amide bonds. The summed E-state index contributed by atoms with van der Waals surface area (Å²) in [4.78, 5) is 0.315. The van der Waals surface area contributed by atoms with Gasteiger partial charge in [-0.1, -0.05) is 36.4 Å². The SMILES string of the molecule is Cc1cccc(Oc2cccc(S(=O)(=O)c3cccc(Oc4cccc(C)c4)c3)c2)c1. The first kappa shape index (κ1) is 20.7. The van der Waals surface area contributed by atoms with E-state index < -0.39 is 9.84 Å². The highest BCUT2D eigenvalue weighted by atomic mass is 32.2. The van der Waals surface area contributed by atoms with Crippen LogP contribution in [0.1, 0.15) is 11.1 Å². The zero-order valence-electron chi connectivity index (χ0n) is 17.3. The molecule has 0 aromatic heterocycles. The summed E-state index contributed by atoms with van der Waals surface area (Å²) in [5.41, 5.74) is 2.12. The van der Waals surface area contributed by atoms with Crippen LogP contribution in [0, 0.1) is 13.8 Å². The first-order chi connectivity index (χ1) is 14.9. The fourth-order valence-electron chi connectivity index (χ4n) is 3.18. The minimum Gasteiger partial charge on any atom is -0.457 e. The van der Waals surface area contributed by atoms with Gasteiger partial charge in [0.25, 0.3) is 0 Å². The highest BCUT2D eigenvalue weighted by Gasteiger charge is 2.19. The van der Waals surface area contributed by atoms with Crippen LogP contribution in [0.2, 0.25) is 0 Å². The van der Waals surface area contributed by atoms with Crippen molar-refractivity contribution in [3.8, 4) is 23.0 Å². The van der Waals surface area contributed by atoms with E-state index in [0.717, 1.165) is 11.1 Å². The molecule has 4 aromatic rings. The second-order valence-corrected chi connectivity index (χ2v) is 9.24. The van der Waals surface area contributed by atoms with Gasteiger partial charge in [-0.15, -0.1) is 0 Å². The summed E-state index contributed by atoms with van der Waals surface area (Å²) >= 11 is 0. The standard InChI is InChI=1S/C26H22O4S/c1-19-7-3-9-21(15-19)29-23-11-5-13-25(17-23)31(27,28)26-14-6-12-24(18-26)30-22-10-4-8-20(2)16-22/h3-18H,1-2H3. The van der Waals surface area contributed by atoms with E-state index in [-0.39, 0.29) is 9.79 Å². The number of sulfone groups is 1. The molecule has 0 radical (unpaired) electrons. The fourth-order valence-corrected chi connectivity index (χ4v) is 4.51. The van der Waals surface area contributed by atoms with Crippen LogP contribution in [0.25, 0.3) is 0 Å². The molecule has 0 heterocycles. The minimum absolute atomic E-state index is 0.158. The molecular weight excluding hydrogens is 408 g/mol. The third-order valence-corrected chi connectivity index (χ3v) is 6.43. The van der Waals surface area contributed by atoms with Crippen molar-refractivity contribution in [1.82, 2.24) is 0 Å². The Balaban J connectivity index is 1.61. The van der Waals surface area contributed by atoms with Gasteiger partial charge in [0, 0.05) is 0 Å². The summed E-state index contributed by atoms with van der Waals surface area (Å²) in [6.07, 6.45) is 0. The van der Waals surface area contributed by atoms with Crippen LogP contribution in [0.4, 0.5) is 0 Å². The molecule has 0 N–H and O–H groups in total. The lowest BCUT2D eigenvalue weighted by Gasteiger charge is -2.11. The summed E-state index contributed by atoms with van der Waals surface area (Å²) < 4.78 is 38.2. The molecule has 0 unspecified atom stereocenters. The van der Waals surface area contributed by atoms with Gasteiger partial charge < -0.3 is 9.47 Å². The van der Waals surface area contributed by atoms with Crippen molar-refractivity contribution >= 4 is 9.84 Å². The molecule has 4 nitrogen and oxygen atoms in total. The van der Waals surface area contributed by atoms with Crippen molar-refractivity contribution in [2.75, 3.05) is 0 Å². The Morgan fingerprint density at radius 2 is 0.871 bits per heavy atom. The molecule has 0 saturated heterocycles. The lowest BCUT2D eigenvalue weighted by molar-refractivity contribution is 0.479. The van der Waals surface area contributed by atoms with E-state index in [1.165, 1.54) is 12.1 Å². The van der Waals surface area contributed by atoms with Gasteiger partial charge in [-0.05, 0) is 85.6 Å². The highest BCUT2D eigenvalue weighted by Crippen LogP contribution is 2.30. The fraction of sp³-hybridized carbons (Fsp3) is 0.0769. The van der Waals surface area contributed by atoms with Crippen LogP contribution in [0.5, 0.6) is 23.0 Å². The topological polar surface area (TPSA) is 52.6 Å². The number of benzene rings is 4. The van der Waals surface area contributed by atoms with Crippen molar-refractivity contribution in [1.29, 1.82) is 0 Å². The first-order valence-corrected chi connectivity index (χ1v) is 11.3. The average molecular weight is 431 g/mol. The van der Waals surface area contributed by atoms with Crippen LogP contribution >= 0.6 is 0 Å². The summed E-state index contributed by atoms with van der Waals surface area (Å²) in [6, 6.07) is 28.2. The lowest BCUT2D eigenvalue weighted by atomic mass is 10.2. The zero-order chi connectivity index (χ0) is 21.8. The van der Waals surface area contributed by atoms with Gasteiger partial charge in [0.05, 0.1) is 9.79 Å². The van der Waals surface area contributed by atoms with Gasteiger partial charge in [-0.2, -0.15) is 0 Å². The van der Waals surface area contributed by atoms with E-state index in [1.807, 2.05) is 62.4 Å². The Bertz CT molecular complexity index is 1230. The van der Waals surface area contributed by atoms with E-state index in [2.05, 4.69) is 0 Å². The maximum absolute atomic E-state index is 13.2. The van der Waals surface area contributed by atoms with Crippen molar-refractivity contribution in [2.45, 2.75) is 23.6 Å². The number of hydrogen-bond acceptors (Lipinski definition) is 4. The number of aryl methyl sites for hydroxylation is 2. The second-order valence-electron chi connectivity index (χ2n) is 7.29. The van der Waals surface area contributed by atoms with Gasteiger partial charge in [-0.3, -0.25) is 0 Å². The van der Waals surface area contributed by atoms with E-state index in [4.69, 9.17) is 9.47 Å². The van der Waals surface area contributed by atoms with E-state index in [0.29, 0.717) is 23.0 Å². The summed E-state index contributed by atoms with van der Waals surface area (Å²) in [5.74, 6) is 2.23. The largest absolute Gasteiger partial charge is 0.457 e. The third kappa shape index (κ3) is 4.95. The molecule has 31 heavy (non-hydrogen) atoms. The average Bonchev–Trinajstić information content (AvgIpc) is 2.74. The molecule has 0 aliphatic rings. The van der Waals surface area contributed by atoms with Gasteiger partial charge in [0.15, 0.2) is 0 Å². The summed E-state index contributed by atoms with van der Waals surface area (Å²) in [5, 5.41) is 0. The van der Waals surface area contributed by atoms with E-state index in [1.54, 1.807) is 36.4 Å². The molecule has 0 spiro atoms. The number of rotatable bonds is 6. The molecule has 0 saturated carbocycles. The molecule has 0 fully saturated rings. The van der Waals surface area contributed by atoms with E-state index >= 15 is 0 Å². The van der Waals surface area contributed by atoms with Crippen molar-refractivity contribution in [3.63, 3.8) is 0 Å². The van der Waals surface area contributed by atoms with Crippen molar-refractivity contribution in [2.24, 2.45) is 0 Å². The minimum atomic E-state index is -3.74. The molecule has 0 atom stereocenters. The maximum atomic E-state index is 13.2. The Kier molecular flexibility index (Phi) is 5.78. The molecular formula is C26H22O4S. The molecule has 156 valence electrons. The molecule has 0 aliphatic carbocycles. The van der Waals surface area contributed by atoms with Crippen LogP contribution < -0.4 is 9.47 Å². The predicted molar refractivity (Wildman–Crippen MR) is 121 cm³/mol. The number of ether oxygens (including phenoxy) is 2. The quantitative estimate of drug-likeness (QED) is 0.341. The van der Waals surface area contributed by atoms with Crippen molar-refractivity contribution < 1.29 is 17.9 Å². The summed E-state index contributed by atoms with van der Waals surface area (Å²) in [6.45, 7) is 3.94. The lowest BCUT2D eigenvalue weighted by Crippen LogP contribution is -2.02. The van der Waals surface area contributed by atoms with Gasteiger partial charge in [-0.25, -0.2) is 8.42 Å². The Morgan fingerprint density at radius 3 is 1.26 bits per heavy atom. The third-order valence-electron chi connectivity index (χ3n) is 4.68. The van der Waals surface area contributed by atoms with Gasteiger partial charge >= 0.3 is 0 Å². The normalized spacial score (nSPS) is 11.2. The maximum Gasteiger partial charge on any atom is 0.206 e. The second kappa shape index (κ2) is 8.66. The molecule has 0 bridgehead atoms. The van der Waals surface area contributed by atoms with Gasteiger partial charge in [0.2, 0.25) is 9.84 Å². The Hall–Kier alpha value is -3.57. The smallest absolute Gasteiger partial charge is 0.206 e. The summed E-state index contributed by atoms with van der Waals surface area (Å²) in [7, 11) is -3.74.